The van der Waals surface area contributed by atoms with Crippen molar-refractivity contribution >= 4 is 27.9 Å². The number of likely N-dealkylation sites (tertiary alicyclic amines) is 1. The van der Waals surface area contributed by atoms with E-state index >= 15 is 0 Å². The molecule has 0 amide bonds. The van der Waals surface area contributed by atoms with Crippen LogP contribution in [0.25, 0.3) is 21.3 Å². The molecule has 0 unspecified atom stereocenters. The molecule has 0 aliphatic carbocycles. The molecular weight excluding hydrogens is 356 g/mol. The van der Waals surface area contributed by atoms with Crippen molar-refractivity contribution in [1.82, 2.24) is 20.1 Å². The Morgan fingerprint density at radius 3 is 2.63 bits per heavy atom. The molecule has 0 atom stereocenters. The molecule has 1 aliphatic rings. The summed E-state index contributed by atoms with van der Waals surface area (Å²) in [7, 11) is 0. The summed E-state index contributed by atoms with van der Waals surface area (Å²) in [6, 6.07) is 8.25. The van der Waals surface area contributed by atoms with Crippen LogP contribution in [-0.4, -0.2) is 45.5 Å². The second kappa shape index (κ2) is 8.23. The van der Waals surface area contributed by atoms with Crippen LogP contribution in [0, 0.1) is 6.92 Å². The first-order chi connectivity index (χ1) is 13.2. The predicted molar refractivity (Wildman–Crippen MR) is 109 cm³/mol. The third kappa shape index (κ3) is 4.57. The highest BCUT2D eigenvalue weighted by molar-refractivity contribution is 7.14. The Morgan fingerprint density at radius 1 is 1.07 bits per heavy atom. The molecule has 0 spiro atoms. The number of carbonyl (C=O) groups is 1. The summed E-state index contributed by atoms with van der Waals surface area (Å²) in [6.07, 6.45) is 7.24. The fraction of sp³-hybridized carbons (Fsp3) is 0.429. The van der Waals surface area contributed by atoms with Crippen molar-refractivity contribution in [3.05, 3.63) is 41.2 Å². The third-order valence-corrected chi connectivity index (χ3v) is 5.92. The molecule has 0 radical (unpaired) electrons. The Labute approximate surface area is 163 Å². The molecule has 140 valence electrons. The van der Waals surface area contributed by atoms with Gasteiger partial charge in [0.05, 0.1) is 13.0 Å². The molecule has 6 heteroatoms. The SMILES string of the molecule is Cc1nnc(-c2ccc3cnc(CC(=O)CN4CCCCCC4)cc3c2)s1. The van der Waals surface area contributed by atoms with E-state index < -0.39 is 0 Å². The van der Waals surface area contributed by atoms with E-state index in [2.05, 4.69) is 32.2 Å². The predicted octanol–water partition coefficient (Wildman–Crippen LogP) is 4.05. The Morgan fingerprint density at radius 2 is 1.89 bits per heavy atom. The normalized spacial score (nSPS) is 15.7. The van der Waals surface area contributed by atoms with Crippen LogP contribution in [0.5, 0.6) is 0 Å². The van der Waals surface area contributed by atoms with Gasteiger partial charge in [-0.25, -0.2) is 0 Å². The number of aromatic nitrogens is 3. The van der Waals surface area contributed by atoms with E-state index in [1.54, 1.807) is 11.3 Å². The van der Waals surface area contributed by atoms with Gasteiger partial charge >= 0.3 is 0 Å². The number of fused-ring (bicyclic) bond motifs is 1. The monoisotopic (exact) mass is 380 g/mol. The van der Waals surface area contributed by atoms with Gasteiger partial charge in [0, 0.05) is 22.8 Å². The van der Waals surface area contributed by atoms with E-state index in [9.17, 15) is 4.79 Å². The Hall–Kier alpha value is -2.18. The van der Waals surface area contributed by atoms with E-state index in [0.29, 0.717) is 13.0 Å². The second-order valence-corrected chi connectivity index (χ2v) is 8.45. The molecule has 1 fully saturated rings. The maximum absolute atomic E-state index is 12.5. The number of Topliss-reactive ketones (excluding diaryl/α,β-unsaturated/α-hetero) is 1. The molecule has 0 saturated carbocycles. The van der Waals surface area contributed by atoms with Gasteiger partial charge in [-0.05, 0) is 50.4 Å². The molecule has 1 aliphatic heterocycles. The first kappa shape index (κ1) is 18.2. The van der Waals surface area contributed by atoms with Crippen LogP contribution in [-0.2, 0) is 11.2 Å². The van der Waals surface area contributed by atoms with Crippen molar-refractivity contribution in [2.45, 2.75) is 39.0 Å². The number of benzene rings is 1. The quantitative estimate of drug-likeness (QED) is 0.668. The van der Waals surface area contributed by atoms with Crippen molar-refractivity contribution in [2.24, 2.45) is 0 Å². The fourth-order valence-corrected chi connectivity index (χ4v) is 4.32. The van der Waals surface area contributed by atoms with Crippen LogP contribution in [0.3, 0.4) is 0 Å². The standard InChI is InChI=1S/C21H24N4OS/c1-15-23-24-21(27-15)16-6-7-17-13-22-19(11-18(17)10-16)12-20(26)14-25-8-4-2-3-5-9-25/h6-7,10-11,13H,2-5,8-9,12,14H2,1H3. The lowest BCUT2D eigenvalue weighted by atomic mass is 10.1. The maximum Gasteiger partial charge on any atom is 0.152 e. The number of hydrogen-bond acceptors (Lipinski definition) is 6. The number of hydrogen-bond donors (Lipinski definition) is 0. The minimum absolute atomic E-state index is 0.250. The van der Waals surface area contributed by atoms with Gasteiger partial charge in [0.2, 0.25) is 0 Å². The molecule has 27 heavy (non-hydrogen) atoms. The number of pyridine rings is 1. The average molecular weight is 381 g/mol. The molecule has 0 bridgehead atoms. The molecule has 5 nitrogen and oxygen atoms in total. The van der Waals surface area contributed by atoms with Gasteiger partial charge in [-0.1, -0.05) is 36.3 Å². The van der Waals surface area contributed by atoms with E-state index in [0.717, 1.165) is 45.1 Å². The lowest BCUT2D eigenvalue weighted by Gasteiger charge is -2.18. The van der Waals surface area contributed by atoms with Crippen LogP contribution >= 0.6 is 11.3 Å². The van der Waals surface area contributed by atoms with Crippen molar-refractivity contribution < 1.29 is 4.79 Å². The van der Waals surface area contributed by atoms with Crippen molar-refractivity contribution in [3.8, 4) is 10.6 Å². The molecule has 3 aromatic rings. The summed E-state index contributed by atoms with van der Waals surface area (Å²) >= 11 is 1.59. The number of aryl methyl sites for hydroxylation is 1. The van der Waals surface area contributed by atoms with Crippen molar-refractivity contribution in [2.75, 3.05) is 19.6 Å². The molecule has 3 heterocycles. The van der Waals surface area contributed by atoms with Crippen LogP contribution in [0.15, 0.2) is 30.5 Å². The van der Waals surface area contributed by atoms with Gasteiger partial charge in [-0.2, -0.15) is 0 Å². The van der Waals surface area contributed by atoms with Crippen molar-refractivity contribution in [1.29, 1.82) is 0 Å². The molecule has 4 rings (SSSR count). The smallest absolute Gasteiger partial charge is 0.152 e. The zero-order chi connectivity index (χ0) is 18.6. The highest BCUT2D eigenvalue weighted by Crippen LogP contribution is 2.27. The third-order valence-electron chi connectivity index (χ3n) is 5.03. The second-order valence-electron chi connectivity index (χ2n) is 7.27. The van der Waals surface area contributed by atoms with E-state index in [-0.39, 0.29) is 5.78 Å². The van der Waals surface area contributed by atoms with Gasteiger partial charge in [-0.3, -0.25) is 14.7 Å². The lowest BCUT2D eigenvalue weighted by molar-refractivity contribution is -0.119. The molecule has 1 saturated heterocycles. The minimum Gasteiger partial charge on any atom is -0.298 e. The van der Waals surface area contributed by atoms with Gasteiger partial charge in [0.25, 0.3) is 0 Å². The zero-order valence-corrected chi connectivity index (χ0v) is 16.5. The number of rotatable bonds is 5. The summed E-state index contributed by atoms with van der Waals surface area (Å²) in [5, 5.41) is 12.4. The molecule has 1 aromatic carbocycles. The largest absolute Gasteiger partial charge is 0.298 e. The zero-order valence-electron chi connectivity index (χ0n) is 15.6. The van der Waals surface area contributed by atoms with Crippen LogP contribution < -0.4 is 0 Å². The van der Waals surface area contributed by atoms with E-state index in [1.807, 2.05) is 25.3 Å². The number of carbonyl (C=O) groups excluding carboxylic acids is 1. The first-order valence-corrected chi connectivity index (χ1v) is 10.4. The van der Waals surface area contributed by atoms with Crippen LogP contribution in [0.4, 0.5) is 0 Å². The first-order valence-electron chi connectivity index (χ1n) is 9.60. The summed E-state index contributed by atoms with van der Waals surface area (Å²) in [4.78, 5) is 19.3. The number of ketones is 1. The summed E-state index contributed by atoms with van der Waals surface area (Å²) in [6.45, 7) is 4.59. The molecule has 2 aromatic heterocycles. The maximum atomic E-state index is 12.5. The van der Waals surface area contributed by atoms with E-state index in [4.69, 9.17) is 0 Å². The Kier molecular flexibility index (Phi) is 5.55. The highest BCUT2D eigenvalue weighted by Gasteiger charge is 2.14. The Balaban J connectivity index is 1.49. The Bertz CT molecular complexity index is 944. The minimum atomic E-state index is 0.250. The van der Waals surface area contributed by atoms with Gasteiger partial charge in [-0.15, -0.1) is 10.2 Å². The molecular formula is C21H24N4OS. The van der Waals surface area contributed by atoms with E-state index in [1.165, 1.54) is 25.7 Å². The summed E-state index contributed by atoms with van der Waals surface area (Å²) in [5.74, 6) is 0.250. The summed E-state index contributed by atoms with van der Waals surface area (Å²) in [5.41, 5.74) is 1.90. The number of nitrogens with zero attached hydrogens (tertiary/aromatic N) is 4. The van der Waals surface area contributed by atoms with Gasteiger partial charge < -0.3 is 0 Å². The van der Waals surface area contributed by atoms with Gasteiger partial charge in [0.15, 0.2) is 5.78 Å². The van der Waals surface area contributed by atoms with Crippen LogP contribution in [0.2, 0.25) is 0 Å². The average Bonchev–Trinajstić information content (AvgIpc) is 2.93. The lowest BCUT2D eigenvalue weighted by Crippen LogP contribution is -2.31. The van der Waals surface area contributed by atoms with Gasteiger partial charge in [0.1, 0.15) is 10.0 Å². The fourth-order valence-electron chi connectivity index (χ4n) is 3.63. The molecule has 0 N–H and O–H groups in total. The van der Waals surface area contributed by atoms with Crippen molar-refractivity contribution in [3.63, 3.8) is 0 Å². The topological polar surface area (TPSA) is 59.0 Å². The highest BCUT2D eigenvalue weighted by atomic mass is 32.1. The summed E-state index contributed by atoms with van der Waals surface area (Å²) < 4.78 is 0. The van der Waals surface area contributed by atoms with Crippen LogP contribution in [0.1, 0.15) is 36.4 Å².